The van der Waals surface area contributed by atoms with Crippen LogP contribution in [0.3, 0.4) is 0 Å². The highest BCUT2D eigenvalue weighted by molar-refractivity contribution is 5.93. The first-order valence-corrected chi connectivity index (χ1v) is 9.74. The van der Waals surface area contributed by atoms with Crippen molar-refractivity contribution in [2.45, 2.75) is 38.5 Å². The lowest BCUT2D eigenvalue weighted by Gasteiger charge is -2.20. The Balaban J connectivity index is 1.38. The number of nitrogens with one attached hydrogen (secondary N) is 2. The summed E-state index contributed by atoms with van der Waals surface area (Å²) in [6, 6.07) is 5.09. The third kappa shape index (κ3) is 5.87. The van der Waals surface area contributed by atoms with Gasteiger partial charge in [0.25, 0.3) is 5.91 Å². The van der Waals surface area contributed by atoms with E-state index >= 15 is 0 Å². The molecular weight excluding hydrogens is 364 g/mol. The number of ether oxygens (including phenoxy) is 3. The molecule has 2 N–H and O–H groups in total. The van der Waals surface area contributed by atoms with Gasteiger partial charge < -0.3 is 24.8 Å². The second kappa shape index (κ2) is 9.96. The van der Waals surface area contributed by atoms with E-state index in [1.807, 2.05) is 0 Å². The highest BCUT2D eigenvalue weighted by Gasteiger charge is 2.21. The first-order valence-electron chi connectivity index (χ1n) is 9.74. The summed E-state index contributed by atoms with van der Waals surface area (Å²) in [5, 5.41) is 5.24. The molecule has 1 aromatic rings. The highest BCUT2D eigenvalue weighted by atomic mass is 16.5. The molecule has 8 heteroatoms. The molecule has 152 valence electrons. The van der Waals surface area contributed by atoms with Crippen LogP contribution in [0.5, 0.6) is 11.5 Å². The standard InChI is InChI=1S/C20H26N2O6/c23-18(22-15-7-8-16-17(11-15)27-10-4-9-26-16)13-28-19(24)12-21-20(25)14-5-2-1-3-6-14/h7-8,11,14H,1-6,9-10,12-13H2,(H,21,25)(H,22,23). The molecule has 28 heavy (non-hydrogen) atoms. The van der Waals surface area contributed by atoms with Crippen LogP contribution in [0.1, 0.15) is 38.5 Å². The van der Waals surface area contributed by atoms with Crippen molar-refractivity contribution < 1.29 is 28.6 Å². The SMILES string of the molecule is O=C(COC(=O)CNC(=O)C1CCCCC1)Nc1ccc2c(c1)OCCCO2. The second-order valence-electron chi connectivity index (χ2n) is 6.97. The van der Waals surface area contributed by atoms with Gasteiger partial charge >= 0.3 is 5.97 Å². The number of anilines is 1. The third-order valence-corrected chi connectivity index (χ3v) is 4.78. The number of carbonyl (C=O) groups excluding carboxylic acids is 3. The van der Waals surface area contributed by atoms with Crippen molar-refractivity contribution >= 4 is 23.5 Å². The molecule has 1 aromatic carbocycles. The molecule has 1 aliphatic carbocycles. The Bertz CT molecular complexity index is 715. The van der Waals surface area contributed by atoms with E-state index in [1.165, 1.54) is 0 Å². The Morgan fingerprint density at radius 3 is 2.54 bits per heavy atom. The highest BCUT2D eigenvalue weighted by Crippen LogP contribution is 2.32. The number of hydrogen-bond donors (Lipinski definition) is 2. The molecule has 0 spiro atoms. The first-order chi connectivity index (χ1) is 13.6. The lowest BCUT2D eigenvalue weighted by Crippen LogP contribution is -2.36. The van der Waals surface area contributed by atoms with Crippen molar-refractivity contribution in [3.8, 4) is 11.5 Å². The number of esters is 1. The maximum Gasteiger partial charge on any atom is 0.325 e. The van der Waals surface area contributed by atoms with E-state index < -0.39 is 18.5 Å². The fourth-order valence-electron chi connectivity index (χ4n) is 3.30. The van der Waals surface area contributed by atoms with E-state index in [0.717, 1.165) is 38.5 Å². The average molecular weight is 390 g/mol. The number of carbonyl (C=O) groups is 3. The van der Waals surface area contributed by atoms with Crippen LogP contribution in [-0.2, 0) is 19.1 Å². The summed E-state index contributed by atoms with van der Waals surface area (Å²) in [4.78, 5) is 35.8. The van der Waals surface area contributed by atoms with Gasteiger partial charge in [-0.2, -0.15) is 0 Å². The Morgan fingerprint density at radius 2 is 1.75 bits per heavy atom. The van der Waals surface area contributed by atoms with Crippen molar-refractivity contribution in [1.82, 2.24) is 5.32 Å². The van der Waals surface area contributed by atoms with Gasteiger partial charge in [-0.25, -0.2) is 0 Å². The van der Waals surface area contributed by atoms with E-state index in [2.05, 4.69) is 10.6 Å². The molecule has 2 aliphatic rings. The van der Waals surface area contributed by atoms with Gasteiger partial charge in [0.15, 0.2) is 18.1 Å². The number of hydrogen-bond acceptors (Lipinski definition) is 6. The van der Waals surface area contributed by atoms with Gasteiger partial charge in [-0.1, -0.05) is 19.3 Å². The predicted octanol–water partition coefficient (Wildman–Crippen LogP) is 2.03. The molecular formula is C20H26N2O6. The van der Waals surface area contributed by atoms with E-state index in [9.17, 15) is 14.4 Å². The topological polar surface area (TPSA) is 103 Å². The number of benzene rings is 1. The molecule has 1 saturated carbocycles. The lowest BCUT2D eigenvalue weighted by atomic mass is 9.89. The Morgan fingerprint density at radius 1 is 1.00 bits per heavy atom. The van der Waals surface area contributed by atoms with Crippen molar-refractivity contribution in [3.05, 3.63) is 18.2 Å². The largest absolute Gasteiger partial charge is 0.490 e. The minimum Gasteiger partial charge on any atom is -0.490 e. The van der Waals surface area contributed by atoms with Gasteiger partial charge in [-0.15, -0.1) is 0 Å². The maximum absolute atomic E-state index is 12.0. The number of amides is 2. The summed E-state index contributed by atoms with van der Waals surface area (Å²) >= 11 is 0. The summed E-state index contributed by atoms with van der Waals surface area (Å²) in [5.74, 6) is -0.0506. The average Bonchev–Trinajstić information content (AvgIpc) is 2.96. The summed E-state index contributed by atoms with van der Waals surface area (Å²) in [6.45, 7) is 0.486. The van der Waals surface area contributed by atoms with Crippen LogP contribution in [-0.4, -0.2) is 44.1 Å². The summed E-state index contributed by atoms with van der Waals surface area (Å²) in [7, 11) is 0. The second-order valence-corrected chi connectivity index (χ2v) is 6.97. The van der Waals surface area contributed by atoms with Gasteiger partial charge in [0, 0.05) is 24.1 Å². The van der Waals surface area contributed by atoms with Gasteiger partial charge in [0.1, 0.15) is 6.54 Å². The fraction of sp³-hybridized carbons (Fsp3) is 0.550. The molecule has 3 rings (SSSR count). The third-order valence-electron chi connectivity index (χ3n) is 4.78. The van der Waals surface area contributed by atoms with Crippen molar-refractivity contribution in [1.29, 1.82) is 0 Å². The lowest BCUT2D eigenvalue weighted by molar-refractivity contribution is -0.147. The minimum atomic E-state index is -0.641. The molecule has 0 unspecified atom stereocenters. The van der Waals surface area contributed by atoms with Crippen LogP contribution >= 0.6 is 0 Å². The Labute approximate surface area is 163 Å². The molecule has 0 radical (unpaired) electrons. The fourth-order valence-corrected chi connectivity index (χ4v) is 3.30. The molecule has 0 atom stereocenters. The van der Waals surface area contributed by atoms with Gasteiger partial charge in [0.05, 0.1) is 13.2 Å². The van der Waals surface area contributed by atoms with E-state index in [4.69, 9.17) is 14.2 Å². The summed E-state index contributed by atoms with van der Waals surface area (Å²) in [6.07, 6.45) is 5.76. The molecule has 1 aliphatic heterocycles. The van der Waals surface area contributed by atoms with Crippen LogP contribution in [0, 0.1) is 5.92 Å². The number of fused-ring (bicyclic) bond motifs is 1. The van der Waals surface area contributed by atoms with Crippen molar-refractivity contribution in [2.75, 3.05) is 31.7 Å². The Hall–Kier alpha value is -2.77. The Kier molecular flexibility index (Phi) is 7.11. The predicted molar refractivity (Wildman–Crippen MR) is 101 cm³/mol. The van der Waals surface area contributed by atoms with Gasteiger partial charge in [-0.3, -0.25) is 14.4 Å². The molecule has 0 aromatic heterocycles. The zero-order chi connectivity index (χ0) is 19.8. The molecule has 0 saturated heterocycles. The first kappa shape index (κ1) is 20.0. The van der Waals surface area contributed by atoms with Crippen molar-refractivity contribution in [2.24, 2.45) is 5.92 Å². The summed E-state index contributed by atoms with van der Waals surface area (Å²) in [5.41, 5.74) is 0.524. The van der Waals surface area contributed by atoms with Crippen molar-refractivity contribution in [3.63, 3.8) is 0 Å². The molecule has 0 bridgehead atoms. The van der Waals surface area contributed by atoms with E-state index in [1.54, 1.807) is 18.2 Å². The van der Waals surface area contributed by atoms with Crippen LogP contribution < -0.4 is 20.1 Å². The quantitative estimate of drug-likeness (QED) is 0.721. The molecule has 2 amide bonds. The zero-order valence-electron chi connectivity index (χ0n) is 15.8. The van der Waals surface area contributed by atoms with Gasteiger partial charge in [-0.05, 0) is 25.0 Å². The number of rotatable bonds is 6. The van der Waals surface area contributed by atoms with Crippen LogP contribution in [0.4, 0.5) is 5.69 Å². The van der Waals surface area contributed by atoms with E-state index in [0.29, 0.717) is 30.4 Å². The minimum absolute atomic E-state index is 0.0238. The van der Waals surface area contributed by atoms with Crippen LogP contribution in [0.25, 0.3) is 0 Å². The normalized spacial score (nSPS) is 16.6. The maximum atomic E-state index is 12.0. The molecule has 1 fully saturated rings. The molecule has 8 nitrogen and oxygen atoms in total. The van der Waals surface area contributed by atoms with Gasteiger partial charge in [0.2, 0.25) is 5.91 Å². The van der Waals surface area contributed by atoms with Crippen LogP contribution in [0.15, 0.2) is 18.2 Å². The van der Waals surface area contributed by atoms with E-state index in [-0.39, 0.29) is 18.4 Å². The van der Waals surface area contributed by atoms with Crippen LogP contribution in [0.2, 0.25) is 0 Å². The monoisotopic (exact) mass is 390 g/mol. The smallest absolute Gasteiger partial charge is 0.325 e. The summed E-state index contributed by atoms with van der Waals surface area (Å²) < 4.78 is 16.0. The molecule has 1 heterocycles. The zero-order valence-corrected chi connectivity index (χ0v) is 15.8.